The van der Waals surface area contributed by atoms with Gasteiger partial charge in [-0.15, -0.1) is 0 Å². The van der Waals surface area contributed by atoms with Crippen LogP contribution in [0.2, 0.25) is 0 Å². The minimum Gasteiger partial charge on any atom is -0.672 e. The molecule has 0 fully saturated rings. The van der Waals surface area contributed by atoms with Crippen molar-refractivity contribution in [3.05, 3.63) is 0 Å². The van der Waals surface area contributed by atoms with E-state index in [-0.39, 0.29) is 71.9 Å². The van der Waals surface area contributed by atoms with E-state index in [1.807, 2.05) is 0 Å². The molecule has 0 N–H and O–H groups in total. The zero-order chi connectivity index (χ0) is 3.58. The molecule has 6 heteroatoms. The van der Waals surface area contributed by atoms with Crippen LogP contribution < -0.4 is 9.59 Å². The van der Waals surface area contributed by atoms with Crippen molar-refractivity contribution >= 4 is 81.1 Å². The molecular formula is BaMgO3Si+2. The van der Waals surface area contributed by atoms with Crippen LogP contribution in [0.25, 0.3) is 0 Å². The third-order valence-corrected chi connectivity index (χ3v) is 0. The summed E-state index contributed by atoms with van der Waals surface area (Å²) in [7, 11) is -3.63. The van der Waals surface area contributed by atoms with Gasteiger partial charge in [-0.05, 0) is 0 Å². The van der Waals surface area contributed by atoms with Gasteiger partial charge >= 0.3 is 71.9 Å². The van der Waals surface area contributed by atoms with E-state index in [1.165, 1.54) is 0 Å². The molecule has 6 heavy (non-hydrogen) atoms. The minimum absolute atomic E-state index is 0. The SMILES string of the molecule is O=[Si]([O-])[O-].[Ba+2].[Mg+2]. The van der Waals surface area contributed by atoms with Gasteiger partial charge < -0.3 is 14.1 Å². The summed E-state index contributed by atoms with van der Waals surface area (Å²) in [6.45, 7) is 0. The first-order valence-corrected chi connectivity index (χ1v) is 1.84. The molecule has 0 aliphatic rings. The molecule has 0 spiro atoms. The van der Waals surface area contributed by atoms with Crippen LogP contribution in [-0.4, -0.2) is 81.1 Å². The molecule has 0 aromatic rings. The van der Waals surface area contributed by atoms with Crippen LogP contribution >= 0.6 is 0 Å². The summed E-state index contributed by atoms with van der Waals surface area (Å²) in [5, 5.41) is 0. The first kappa shape index (κ1) is 15.7. The molecule has 0 unspecified atom stereocenters. The molecule has 0 aromatic carbocycles. The van der Waals surface area contributed by atoms with E-state index in [2.05, 4.69) is 0 Å². The molecule has 0 aliphatic carbocycles. The fraction of sp³-hybridized carbons (Fsp3) is 0. The Bertz CT molecular complexity index is 33.8. The van der Waals surface area contributed by atoms with Crippen LogP contribution in [0.5, 0.6) is 0 Å². The average Bonchev–Trinajstić information content (AvgIpc) is 0.811. The van der Waals surface area contributed by atoms with Gasteiger partial charge in [-0.3, -0.25) is 0 Å². The van der Waals surface area contributed by atoms with Gasteiger partial charge in [0, 0.05) is 9.17 Å². The smallest absolute Gasteiger partial charge is 0.672 e. The van der Waals surface area contributed by atoms with E-state index >= 15 is 0 Å². The third-order valence-electron chi connectivity index (χ3n) is 0. The predicted molar refractivity (Wildman–Crippen MR) is 17.9 cm³/mol. The minimum atomic E-state index is -3.63. The first-order valence-electron chi connectivity index (χ1n) is 0.612. The molecule has 0 radical (unpaired) electrons. The Kier molecular flexibility index (Phi) is 26.2. The summed E-state index contributed by atoms with van der Waals surface area (Å²) in [6, 6.07) is 0. The van der Waals surface area contributed by atoms with Gasteiger partial charge in [-0.1, -0.05) is 0 Å². The van der Waals surface area contributed by atoms with Gasteiger partial charge in [0.15, 0.2) is 0 Å². The second-order valence-electron chi connectivity index (χ2n) is 0.250. The van der Waals surface area contributed by atoms with Crippen LogP contribution in [0, 0.1) is 0 Å². The van der Waals surface area contributed by atoms with Gasteiger partial charge in [0.2, 0.25) is 0 Å². The van der Waals surface area contributed by atoms with Gasteiger partial charge in [0.05, 0.1) is 0 Å². The predicted octanol–water partition coefficient (Wildman–Crippen LogP) is -3.64. The average molecular weight is 238 g/mol. The molecular weight excluding hydrogens is 238 g/mol. The second kappa shape index (κ2) is 10.0. The molecule has 0 atom stereocenters. The zero-order valence-electron chi connectivity index (χ0n) is 3.14. The van der Waals surface area contributed by atoms with Crippen LogP contribution in [0.4, 0.5) is 0 Å². The van der Waals surface area contributed by atoms with Crippen molar-refractivity contribution < 1.29 is 14.1 Å². The van der Waals surface area contributed by atoms with Crippen molar-refractivity contribution in [3.8, 4) is 0 Å². The summed E-state index contributed by atoms with van der Waals surface area (Å²) < 4.78 is 8.52. The van der Waals surface area contributed by atoms with E-state index in [0.29, 0.717) is 0 Å². The summed E-state index contributed by atoms with van der Waals surface area (Å²) in [4.78, 5) is 17.0. The van der Waals surface area contributed by atoms with Crippen LogP contribution in [0.3, 0.4) is 0 Å². The van der Waals surface area contributed by atoms with E-state index < -0.39 is 9.17 Å². The van der Waals surface area contributed by atoms with Crippen molar-refractivity contribution in [3.63, 3.8) is 0 Å². The second-order valence-corrected chi connectivity index (χ2v) is 0.750. The van der Waals surface area contributed by atoms with E-state index in [4.69, 9.17) is 14.1 Å². The number of hydrogen-bond donors (Lipinski definition) is 0. The molecule has 24 valence electrons. The summed E-state index contributed by atoms with van der Waals surface area (Å²) in [5.41, 5.74) is 0. The Labute approximate surface area is 93.3 Å². The van der Waals surface area contributed by atoms with Crippen LogP contribution in [0.15, 0.2) is 0 Å². The topological polar surface area (TPSA) is 63.2 Å². The van der Waals surface area contributed by atoms with Crippen molar-refractivity contribution in [2.24, 2.45) is 0 Å². The largest absolute Gasteiger partial charge is 2.00 e. The Morgan fingerprint density at radius 2 is 1.33 bits per heavy atom. The van der Waals surface area contributed by atoms with Crippen LogP contribution in [0.1, 0.15) is 0 Å². The first-order chi connectivity index (χ1) is 1.73. The molecule has 0 bridgehead atoms. The molecule has 0 saturated heterocycles. The molecule has 0 aliphatic heterocycles. The maximum atomic E-state index is 8.52. The van der Waals surface area contributed by atoms with Crippen LogP contribution in [-0.2, 0) is 4.46 Å². The summed E-state index contributed by atoms with van der Waals surface area (Å²) >= 11 is 0. The molecule has 0 amide bonds. The molecule has 0 saturated carbocycles. The monoisotopic (exact) mass is 238 g/mol. The van der Waals surface area contributed by atoms with Gasteiger partial charge in [0.1, 0.15) is 0 Å². The quantitative estimate of drug-likeness (QED) is 0.409. The van der Waals surface area contributed by atoms with Crippen molar-refractivity contribution in [1.29, 1.82) is 0 Å². The Balaban J connectivity index is -0.0000000450. The fourth-order valence-electron chi connectivity index (χ4n) is 0. The van der Waals surface area contributed by atoms with E-state index in [9.17, 15) is 0 Å². The van der Waals surface area contributed by atoms with Gasteiger partial charge in [-0.2, -0.15) is 0 Å². The van der Waals surface area contributed by atoms with Crippen molar-refractivity contribution in [2.45, 2.75) is 0 Å². The Morgan fingerprint density at radius 1 is 1.33 bits per heavy atom. The summed E-state index contributed by atoms with van der Waals surface area (Å²) in [5.74, 6) is 0. The van der Waals surface area contributed by atoms with Gasteiger partial charge in [0.25, 0.3) is 0 Å². The van der Waals surface area contributed by atoms with Crippen molar-refractivity contribution in [2.75, 3.05) is 0 Å². The normalized spacial score (nSPS) is 4.00. The van der Waals surface area contributed by atoms with E-state index in [0.717, 1.165) is 0 Å². The fourth-order valence-corrected chi connectivity index (χ4v) is 0. The maximum absolute atomic E-state index is 8.52. The number of hydrogen-bond acceptors (Lipinski definition) is 3. The molecule has 0 rings (SSSR count). The third kappa shape index (κ3) is 38.3. The zero-order valence-corrected chi connectivity index (χ0v) is 9.99. The molecule has 3 nitrogen and oxygen atoms in total. The maximum Gasteiger partial charge on any atom is 2.00 e. The van der Waals surface area contributed by atoms with Crippen molar-refractivity contribution in [1.82, 2.24) is 0 Å². The van der Waals surface area contributed by atoms with E-state index in [1.54, 1.807) is 0 Å². The molecule has 0 aromatic heterocycles. The summed E-state index contributed by atoms with van der Waals surface area (Å²) in [6.07, 6.45) is 0. The number of rotatable bonds is 0. The van der Waals surface area contributed by atoms with Gasteiger partial charge in [-0.25, -0.2) is 0 Å². The molecule has 0 heterocycles. The Morgan fingerprint density at radius 3 is 1.33 bits per heavy atom. The Hall–Kier alpha value is 1.95. The standard InChI is InChI=1S/Ba.Mg.O3Si/c;;1-4(2)3/q2*+2;-2.